The normalized spacial score (nSPS) is 19.6. The average Bonchev–Trinajstić information content (AvgIpc) is 3.34. The predicted octanol–water partition coefficient (Wildman–Crippen LogP) is 4.74. The van der Waals surface area contributed by atoms with E-state index in [9.17, 15) is 9.90 Å². The van der Waals surface area contributed by atoms with Gasteiger partial charge in [0.25, 0.3) is 0 Å². The standard InChI is InChI=1S/C27H27NO8/c1-14-24(16-9-22(31-2)25(33-4)23(10-16)32-3)18-11-20-21(35-13-34-20)12-19(18)36-26(14)28-17-7-5-15(6-8-17)27(29)30/h5-12,14,24,26,28H,13H2,1-4H3,(H,29,30)/t14-,24-,26-/m0/s1. The lowest BCUT2D eigenvalue weighted by Gasteiger charge is -2.39. The first-order valence-corrected chi connectivity index (χ1v) is 11.4. The zero-order valence-corrected chi connectivity index (χ0v) is 20.4. The molecule has 0 radical (unpaired) electrons. The van der Waals surface area contributed by atoms with Crippen LogP contribution in [-0.4, -0.2) is 45.4 Å². The van der Waals surface area contributed by atoms with Crippen molar-refractivity contribution in [3.63, 3.8) is 0 Å². The smallest absolute Gasteiger partial charge is 0.335 e. The van der Waals surface area contributed by atoms with Gasteiger partial charge in [-0.15, -0.1) is 0 Å². The van der Waals surface area contributed by atoms with Gasteiger partial charge in [-0.2, -0.15) is 0 Å². The van der Waals surface area contributed by atoms with Gasteiger partial charge < -0.3 is 38.8 Å². The Hall–Kier alpha value is -4.27. The van der Waals surface area contributed by atoms with Gasteiger partial charge in [-0.05, 0) is 48.0 Å². The van der Waals surface area contributed by atoms with E-state index in [2.05, 4.69) is 12.2 Å². The lowest BCUT2D eigenvalue weighted by atomic mass is 9.78. The largest absolute Gasteiger partial charge is 0.493 e. The van der Waals surface area contributed by atoms with Gasteiger partial charge in [-0.25, -0.2) is 4.79 Å². The molecule has 0 fully saturated rings. The summed E-state index contributed by atoms with van der Waals surface area (Å²) in [4.78, 5) is 11.2. The summed E-state index contributed by atoms with van der Waals surface area (Å²) in [6.45, 7) is 2.24. The molecule has 3 atom stereocenters. The number of hydrogen-bond donors (Lipinski definition) is 2. The molecule has 2 aliphatic heterocycles. The van der Waals surface area contributed by atoms with E-state index in [0.29, 0.717) is 34.5 Å². The molecule has 2 aliphatic rings. The summed E-state index contributed by atoms with van der Waals surface area (Å²) in [5.41, 5.74) is 2.85. The van der Waals surface area contributed by atoms with Crippen LogP contribution in [0.5, 0.6) is 34.5 Å². The highest BCUT2D eigenvalue weighted by Crippen LogP contribution is 2.51. The number of anilines is 1. The van der Waals surface area contributed by atoms with Crippen molar-refractivity contribution in [1.29, 1.82) is 0 Å². The molecule has 5 rings (SSSR count). The molecule has 2 heterocycles. The van der Waals surface area contributed by atoms with E-state index in [1.807, 2.05) is 24.3 Å². The van der Waals surface area contributed by atoms with Gasteiger partial charge in [0.05, 0.1) is 26.9 Å². The number of carboxylic acids is 1. The second-order valence-electron chi connectivity index (χ2n) is 8.60. The van der Waals surface area contributed by atoms with E-state index >= 15 is 0 Å². The molecule has 0 unspecified atom stereocenters. The van der Waals surface area contributed by atoms with Crippen LogP contribution in [0.3, 0.4) is 0 Å². The molecule has 0 amide bonds. The molecule has 188 valence electrons. The molecular formula is C27H27NO8. The fourth-order valence-corrected chi connectivity index (χ4v) is 4.78. The summed E-state index contributed by atoms with van der Waals surface area (Å²) >= 11 is 0. The quantitative estimate of drug-likeness (QED) is 0.483. The second-order valence-corrected chi connectivity index (χ2v) is 8.60. The van der Waals surface area contributed by atoms with E-state index in [0.717, 1.165) is 16.8 Å². The van der Waals surface area contributed by atoms with Crippen molar-refractivity contribution in [2.45, 2.75) is 19.1 Å². The fraction of sp³-hybridized carbons (Fsp3) is 0.296. The summed E-state index contributed by atoms with van der Waals surface area (Å²) < 4.78 is 34.4. The van der Waals surface area contributed by atoms with Gasteiger partial charge >= 0.3 is 5.97 Å². The molecule has 0 aliphatic carbocycles. The third-order valence-corrected chi connectivity index (χ3v) is 6.58. The number of aromatic carboxylic acids is 1. The lowest BCUT2D eigenvalue weighted by Crippen LogP contribution is -2.40. The van der Waals surface area contributed by atoms with Crippen LogP contribution in [0.4, 0.5) is 5.69 Å². The minimum atomic E-state index is -0.976. The molecule has 3 aromatic rings. The highest BCUT2D eigenvalue weighted by Gasteiger charge is 2.39. The Bertz CT molecular complexity index is 1260. The molecule has 0 saturated heterocycles. The van der Waals surface area contributed by atoms with Gasteiger partial charge in [0.1, 0.15) is 5.75 Å². The molecule has 0 spiro atoms. The van der Waals surface area contributed by atoms with Gasteiger partial charge in [-0.3, -0.25) is 0 Å². The van der Waals surface area contributed by atoms with Crippen LogP contribution in [0.2, 0.25) is 0 Å². The van der Waals surface area contributed by atoms with Crippen LogP contribution in [0.1, 0.15) is 34.3 Å². The first-order valence-electron chi connectivity index (χ1n) is 11.4. The van der Waals surface area contributed by atoms with E-state index < -0.39 is 12.2 Å². The van der Waals surface area contributed by atoms with Gasteiger partial charge in [0.15, 0.2) is 29.2 Å². The highest BCUT2D eigenvalue weighted by molar-refractivity contribution is 5.88. The maximum atomic E-state index is 11.2. The van der Waals surface area contributed by atoms with Crippen molar-refractivity contribution >= 4 is 11.7 Å². The molecule has 0 bridgehead atoms. The van der Waals surface area contributed by atoms with E-state index in [1.165, 1.54) is 0 Å². The Balaban J connectivity index is 1.59. The first kappa shape index (κ1) is 23.5. The highest BCUT2D eigenvalue weighted by atomic mass is 16.7. The van der Waals surface area contributed by atoms with Gasteiger partial charge in [0.2, 0.25) is 12.5 Å². The number of hydrogen-bond acceptors (Lipinski definition) is 8. The Morgan fingerprint density at radius 2 is 1.56 bits per heavy atom. The molecule has 0 saturated carbocycles. The third kappa shape index (κ3) is 4.06. The van der Waals surface area contributed by atoms with Crippen LogP contribution in [-0.2, 0) is 0 Å². The number of rotatable bonds is 7. The summed E-state index contributed by atoms with van der Waals surface area (Å²) in [6.07, 6.45) is -0.433. The number of ether oxygens (including phenoxy) is 6. The average molecular weight is 494 g/mol. The number of carbonyl (C=O) groups is 1. The van der Waals surface area contributed by atoms with Crippen molar-refractivity contribution in [3.8, 4) is 34.5 Å². The minimum absolute atomic E-state index is 0.0696. The molecule has 0 aromatic heterocycles. The Morgan fingerprint density at radius 3 is 2.14 bits per heavy atom. The molecule has 3 aromatic carbocycles. The van der Waals surface area contributed by atoms with E-state index in [1.54, 1.807) is 45.6 Å². The maximum absolute atomic E-state index is 11.2. The Kier molecular flexibility index (Phi) is 6.13. The third-order valence-electron chi connectivity index (χ3n) is 6.58. The second kappa shape index (κ2) is 9.41. The maximum Gasteiger partial charge on any atom is 0.335 e. The molecule has 2 N–H and O–H groups in total. The van der Waals surface area contributed by atoms with Crippen LogP contribution < -0.4 is 33.7 Å². The van der Waals surface area contributed by atoms with Crippen LogP contribution >= 0.6 is 0 Å². The molecule has 9 nitrogen and oxygen atoms in total. The number of nitrogens with one attached hydrogen (secondary N) is 1. The SMILES string of the molecule is COc1cc([C@H]2c3cc4c(cc3O[C@H](Nc3ccc(C(=O)O)cc3)[C@H]2C)OCO4)cc(OC)c1OC. The number of carboxylic acid groups (broad SMARTS) is 1. The first-order chi connectivity index (χ1) is 17.4. The number of methoxy groups -OCH3 is 3. The number of benzene rings is 3. The van der Waals surface area contributed by atoms with Crippen molar-refractivity contribution in [1.82, 2.24) is 0 Å². The number of fused-ring (bicyclic) bond motifs is 2. The fourth-order valence-electron chi connectivity index (χ4n) is 4.78. The van der Waals surface area contributed by atoms with Crippen LogP contribution in [0.15, 0.2) is 48.5 Å². The minimum Gasteiger partial charge on any atom is -0.493 e. The molecular weight excluding hydrogens is 466 g/mol. The van der Waals surface area contributed by atoms with Gasteiger partial charge in [0, 0.05) is 29.2 Å². The summed E-state index contributed by atoms with van der Waals surface area (Å²) in [6, 6.07) is 14.3. The van der Waals surface area contributed by atoms with Crippen LogP contribution in [0.25, 0.3) is 0 Å². The van der Waals surface area contributed by atoms with Gasteiger partial charge in [-0.1, -0.05) is 6.92 Å². The topological polar surface area (TPSA) is 105 Å². The predicted molar refractivity (Wildman–Crippen MR) is 131 cm³/mol. The van der Waals surface area contributed by atoms with E-state index in [-0.39, 0.29) is 24.2 Å². The van der Waals surface area contributed by atoms with Crippen molar-refractivity contribution in [2.75, 3.05) is 33.4 Å². The zero-order chi connectivity index (χ0) is 25.4. The summed E-state index contributed by atoms with van der Waals surface area (Å²) in [7, 11) is 4.75. The van der Waals surface area contributed by atoms with Crippen molar-refractivity contribution in [3.05, 3.63) is 65.2 Å². The van der Waals surface area contributed by atoms with Crippen molar-refractivity contribution < 1.29 is 38.3 Å². The van der Waals surface area contributed by atoms with Crippen molar-refractivity contribution in [2.24, 2.45) is 5.92 Å². The molecule has 36 heavy (non-hydrogen) atoms. The van der Waals surface area contributed by atoms with E-state index in [4.69, 9.17) is 28.4 Å². The molecule has 9 heteroatoms. The Morgan fingerprint density at radius 1 is 0.917 bits per heavy atom. The zero-order valence-electron chi connectivity index (χ0n) is 20.4. The lowest BCUT2D eigenvalue weighted by molar-refractivity contribution is 0.0697. The van der Waals surface area contributed by atoms with Crippen LogP contribution in [0, 0.1) is 5.92 Å². The monoisotopic (exact) mass is 493 g/mol. The summed E-state index contributed by atoms with van der Waals surface area (Å²) in [5.74, 6) is 2.40. The summed E-state index contributed by atoms with van der Waals surface area (Å²) in [5, 5.41) is 12.6. The Labute approximate surface area is 208 Å².